The number of nitriles is 1. The van der Waals surface area contributed by atoms with Crippen LogP contribution in [0.3, 0.4) is 0 Å². The highest BCUT2D eigenvalue weighted by Gasteiger charge is 2.33. The maximum Gasteiger partial charge on any atom is 0.332 e. The fraction of sp³-hybridized carbons (Fsp3) is 0.520. The minimum absolute atomic E-state index is 0.127. The number of halogens is 1. The standard InChI is InChI=1S/C25H34FN6O6P/c1-5-38-24(34)17(2)28-39(36,16-37-4)29-21-7-6-10-31(15-21)22-12-23(33)30(3)25(35)32(22)14-19-11-20(26)9-8-18(19)13-27/h8-9,11-12,17,21H,5-7,10,14-16H2,1-4H3,(H2,28,29,36)/t17?,21-,39?/m1/s1. The number of rotatable bonds is 11. The summed E-state index contributed by atoms with van der Waals surface area (Å²) in [6.07, 6.45) is 1.10. The molecule has 1 aromatic heterocycles. The first-order valence-electron chi connectivity index (χ1n) is 12.6. The van der Waals surface area contributed by atoms with Gasteiger partial charge in [0, 0.05) is 39.4 Å². The first-order chi connectivity index (χ1) is 18.5. The molecule has 39 heavy (non-hydrogen) atoms. The number of piperidine rings is 1. The molecule has 1 saturated heterocycles. The molecule has 0 spiro atoms. The Morgan fingerprint density at radius 1 is 1.33 bits per heavy atom. The van der Waals surface area contributed by atoms with Crippen molar-refractivity contribution in [1.82, 2.24) is 19.3 Å². The number of nitrogens with zero attached hydrogens (tertiary/aromatic N) is 4. The number of nitrogens with one attached hydrogen (secondary N) is 2. The molecule has 3 rings (SSSR count). The van der Waals surface area contributed by atoms with Crippen LogP contribution in [0.2, 0.25) is 0 Å². The Morgan fingerprint density at radius 3 is 2.74 bits per heavy atom. The van der Waals surface area contributed by atoms with Gasteiger partial charge in [-0.15, -0.1) is 0 Å². The summed E-state index contributed by atoms with van der Waals surface area (Å²) >= 11 is 0. The number of hydrogen-bond acceptors (Lipinski definition) is 8. The van der Waals surface area contributed by atoms with Crippen molar-refractivity contribution < 1.29 is 23.2 Å². The summed E-state index contributed by atoms with van der Waals surface area (Å²) < 4.78 is 40.1. The summed E-state index contributed by atoms with van der Waals surface area (Å²) in [6.45, 7) is 4.08. The van der Waals surface area contributed by atoms with Gasteiger partial charge in [-0.2, -0.15) is 5.26 Å². The SMILES string of the molecule is CCOC(=O)C(C)NP(=O)(COC)N[C@@H]1CCCN(c2cc(=O)n(C)c(=O)n2Cc2cc(F)ccc2C#N)C1. The van der Waals surface area contributed by atoms with Crippen molar-refractivity contribution in [2.45, 2.75) is 45.3 Å². The number of hydrogen-bond donors (Lipinski definition) is 2. The van der Waals surface area contributed by atoms with Gasteiger partial charge in [0.1, 0.15) is 24.0 Å². The van der Waals surface area contributed by atoms with Crippen LogP contribution >= 0.6 is 7.44 Å². The van der Waals surface area contributed by atoms with E-state index in [-0.39, 0.29) is 37.6 Å². The van der Waals surface area contributed by atoms with E-state index in [1.165, 1.54) is 43.0 Å². The molecule has 1 fully saturated rings. The van der Waals surface area contributed by atoms with Gasteiger partial charge in [0.2, 0.25) is 7.44 Å². The molecule has 14 heteroatoms. The Kier molecular flexibility index (Phi) is 10.2. The summed E-state index contributed by atoms with van der Waals surface area (Å²) in [5.41, 5.74) is -0.622. The quantitative estimate of drug-likeness (QED) is 0.304. The molecule has 0 amide bonds. The lowest BCUT2D eigenvalue weighted by Crippen LogP contribution is -2.50. The van der Waals surface area contributed by atoms with Crippen LogP contribution in [0.4, 0.5) is 10.2 Å². The number of anilines is 1. The first kappa shape index (κ1) is 30.2. The number of carbonyl (C=O) groups is 1. The molecule has 0 radical (unpaired) electrons. The smallest absolute Gasteiger partial charge is 0.332 e. The van der Waals surface area contributed by atoms with Crippen LogP contribution in [0.25, 0.3) is 0 Å². The maximum atomic E-state index is 14.0. The second kappa shape index (κ2) is 13.2. The van der Waals surface area contributed by atoms with E-state index < -0.39 is 36.5 Å². The normalized spacial score (nSPS) is 17.7. The van der Waals surface area contributed by atoms with E-state index in [9.17, 15) is 28.6 Å². The molecule has 0 aliphatic carbocycles. The van der Waals surface area contributed by atoms with Crippen molar-refractivity contribution in [3.63, 3.8) is 0 Å². The second-order valence-electron chi connectivity index (χ2n) is 9.36. The molecular formula is C25H34FN6O6P. The molecule has 12 nitrogen and oxygen atoms in total. The Labute approximate surface area is 225 Å². The van der Waals surface area contributed by atoms with Gasteiger partial charge in [-0.25, -0.2) is 19.4 Å². The van der Waals surface area contributed by atoms with E-state index in [2.05, 4.69) is 10.2 Å². The van der Waals surface area contributed by atoms with Gasteiger partial charge in [0.25, 0.3) is 5.56 Å². The van der Waals surface area contributed by atoms with Gasteiger partial charge < -0.3 is 14.4 Å². The van der Waals surface area contributed by atoms with E-state index in [1.807, 2.05) is 11.0 Å². The van der Waals surface area contributed by atoms with Crippen molar-refractivity contribution in [3.05, 3.63) is 62.0 Å². The lowest BCUT2D eigenvalue weighted by molar-refractivity contribution is -0.144. The average Bonchev–Trinajstić information content (AvgIpc) is 2.89. The van der Waals surface area contributed by atoms with E-state index in [1.54, 1.807) is 13.8 Å². The number of aromatic nitrogens is 2. The fourth-order valence-electron chi connectivity index (χ4n) is 4.55. The zero-order valence-electron chi connectivity index (χ0n) is 22.5. The Bertz CT molecular complexity index is 1400. The van der Waals surface area contributed by atoms with Crippen LogP contribution in [0, 0.1) is 17.1 Å². The highest BCUT2D eigenvalue weighted by Crippen LogP contribution is 2.38. The number of benzene rings is 1. The molecule has 1 aliphatic rings. The molecule has 0 saturated carbocycles. The summed E-state index contributed by atoms with van der Waals surface area (Å²) in [5.74, 6) is -0.791. The third kappa shape index (κ3) is 7.42. The van der Waals surface area contributed by atoms with E-state index in [4.69, 9.17) is 9.47 Å². The van der Waals surface area contributed by atoms with Gasteiger partial charge in [0.15, 0.2) is 0 Å². The van der Waals surface area contributed by atoms with Gasteiger partial charge in [-0.1, -0.05) is 0 Å². The predicted octanol–water partition coefficient (Wildman–Crippen LogP) is 1.50. The monoisotopic (exact) mass is 564 g/mol. The van der Waals surface area contributed by atoms with E-state index in [0.29, 0.717) is 30.8 Å². The molecular weight excluding hydrogens is 530 g/mol. The second-order valence-corrected chi connectivity index (χ2v) is 11.6. The number of carbonyl (C=O) groups excluding carboxylic acids is 1. The zero-order chi connectivity index (χ0) is 28.7. The van der Waals surface area contributed by atoms with Gasteiger partial charge in [-0.05, 0) is 50.5 Å². The lowest BCUT2D eigenvalue weighted by atomic mass is 10.1. The van der Waals surface area contributed by atoms with Crippen LogP contribution < -0.4 is 26.3 Å². The summed E-state index contributed by atoms with van der Waals surface area (Å²) in [4.78, 5) is 39.7. The molecule has 212 valence electrons. The molecule has 2 heterocycles. The summed E-state index contributed by atoms with van der Waals surface area (Å²) in [6, 6.07) is 5.84. The molecule has 3 atom stereocenters. The maximum absolute atomic E-state index is 14.0. The zero-order valence-corrected chi connectivity index (χ0v) is 23.4. The van der Waals surface area contributed by atoms with Crippen LogP contribution in [-0.4, -0.2) is 60.3 Å². The Hall–Kier alpha value is -3.30. The van der Waals surface area contributed by atoms with Crippen LogP contribution in [0.15, 0.2) is 33.9 Å². The van der Waals surface area contributed by atoms with Gasteiger partial charge in [-0.3, -0.25) is 23.3 Å². The first-order valence-corrected chi connectivity index (χ1v) is 14.5. The molecule has 1 aliphatic heterocycles. The number of methoxy groups -OCH3 is 1. The van der Waals surface area contributed by atoms with Crippen molar-refractivity contribution in [2.75, 3.05) is 38.1 Å². The van der Waals surface area contributed by atoms with E-state index >= 15 is 0 Å². The highest BCUT2D eigenvalue weighted by molar-refractivity contribution is 7.59. The number of ether oxygens (including phenoxy) is 2. The highest BCUT2D eigenvalue weighted by atomic mass is 31.2. The molecule has 0 bridgehead atoms. The van der Waals surface area contributed by atoms with Crippen LogP contribution in [0.1, 0.15) is 37.8 Å². The topological polar surface area (TPSA) is 148 Å². The Balaban J connectivity index is 1.91. The lowest BCUT2D eigenvalue weighted by Gasteiger charge is -2.37. The minimum Gasteiger partial charge on any atom is -0.465 e. The third-order valence-corrected chi connectivity index (χ3v) is 8.59. The summed E-state index contributed by atoms with van der Waals surface area (Å²) in [7, 11) is -0.663. The molecule has 2 N–H and O–H groups in total. The van der Waals surface area contributed by atoms with Crippen LogP contribution in [-0.2, 0) is 32.4 Å². The van der Waals surface area contributed by atoms with E-state index in [0.717, 1.165) is 4.57 Å². The van der Waals surface area contributed by atoms with Crippen molar-refractivity contribution in [2.24, 2.45) is 7.05 Å². The molecule has 1 aromatic carbocycles. The molecule has 2 aromatic rings. The molecule has 2 unspecified atom stereocenters. The largest absolute Gasteiger partial charge is 0.465 e. The van der Waals surface area contributed by atoms with Crippen molar-refractivity contribution in [1.29, 1.82) is 5.26 Å². The minimum atomic E-state index is -3.41. The van der Waals surface area contributed by atoms with Crippen molar-refractivity contribution in [3.8, 4) is 6.07 Å². The van der Waals surface area contributed by atoms with Gasteiger partial charge in [0.05, 0.1) is 24.8 Å². The Morgan fingerprint density at radius 2 is 2.08 bits per heavy atom. The average molecular weight is 565 g/mol. The fourth-order valence-corrected chi connectivity index (χ4v) is 6.67. The number of esters is 1. The summed E-state index contributed by atoms with van der Waals surface area (Å²) in [5, 5.41) is 15.4. The van der Waals surface area contributed by atoms with Gasteiger partial charge >= 0.3 is 11.7 Å². The third-order valence-electron chi connectivity index (χ3n) is 6.38. The van der Waals surface area contributed by atoms with Crippen molar-refractivity contribution >= 4 is 19.2 Å². The predicted molar refractivity (Wildman–Crippen MR) is 143 cm³/mol. The van der Waals surface area contributed by atoms with Crippen LogP contribution in [0.5, 0.6) is 0 Å².